The molecule has 76 valence electrons. The third-order valence-corrected chi connectivity index (χ3v) is 2.27. The average molecular weight is 182 g/mol. The van der Waals surface area contributed by atoms with Crippen LogP contribution in [0.4, 0.5) is 0 Å². The summed E-state index contributed by atoms with van der Waals surface area (Å²) >= 11 is 0. The molecule has 13 heavy (non-hydrogen) atoms. The summed E-state index contributed by atoms with van der Waals surface area (Å²) in [5, 5.41) is 0. The van der Waals surface area contributed by atoms with Crippen LogP contribution in [0, 0.1) is 5.92 Å². The molecule has 0 N–H and O–H groups in total. The number of hydrogen-bond acceptors (Lipinski definition) is 1. The van der Waals surface area contributed by atoms with Crippen LogP contribution in [0.3, 0.4) is 0 Å². The molecule has 0 spiro atoms. The maximum atomic E-state index is 11.1. The van der Waals surface area contributed by atoms with Crippen LogP contribution < -0.4 is 0 Å². The zero-order valence-electron chi connectivity index (χ0n) is 9.23. The lowest BCUT2D eigenvalue weighted by molar-refractivity contribution is -0.119. The Morgan fingerprint density at radius 3 is 2.54 bits per heavy atom. The van der Waals surface area contributed by atoms with E-state index in [1.165, 1.54) is 12.0 Å². The fourth-order valence-corrected chi connectivity index (χ4v) is 1.39. The molecular weight excluding hydrogens is 160 g/mol. The monoisotopic (exact) mass is 182 g/mol. The van der Waals surface area contributed by atoms with E-state index in [2.05, 4.69) is 20.4 Å². The number of carbonyl (C=O) groups is 1. The number of Topliss-reactive ketones (excluding diaryl/α,β-unsaturated/α-hetero) is 1. The van der Waals surface area contributed by atoms with Crippen molar-refractivity contribution in [1.82, 2.24) is 0 Å². The van der Waals surface area contributed by atoms with E-state index in [1.54, 1.807) is 0 Å². The van der Waals surface area contributed by atoms with Crippen LogP contribution in [0.25, 0.3) is 0 Å². The van der Waals surface area contributed by atoms with E-state index in [-0.39, 0.29) is 0 Å². The lowest BCUT2D eigenvalue weighted by Gasteiger charge is -2.09. The van der Waals surface area contributed by atoms with Gasteiger partial charge in [-0.3, -0.25) is 4.79 Å². The third-order valence-electron chi connectivity index (χ3n) is 2.27. The van der Waals surface area contributed by atoms with Gasteiger partial charge in [0.1, 0.15) is 5.78 Å². The average Bonchev–Trinajstić information content (AvgIpc) is 2.03. The summed E-state index contributed by atoms with van der Waals surface area (Å²) in [5.74, 6) is 0.939. The first kappa shape index (κ1) is 12.4. The second-order valence-electron chi connectivity index (χ2n) is 4.05. The lowest BCUT2D eigenvalue weighted by atomic mass is 9.96. The van der Waals surface area contributed by atoms with Crippen molar-refractivity contribution in [3.05, 3.63) is 12.2 Å². The SMILES string of the molecule is C=C(C)CCCC(C)CC(=O)CC. The largest absolute Gasteiger partial charge is 0.300 e. The van der Waals surface area contributed by atoms with Crippen LogP contribution in [0.15, 0.2) is 12.2 Å². The summed E-state index contributed by atoms with van der Waals surface area (Å²) in [6, 6.07) is 0. The summed E-state index contributed by atoms with van der Waals surface area (Å²) in [6.07, 6.45) is 4.87. The van der Waals surface area contributed by atoms with Crippen molar-refractivity contribution in [2.45, 2.75) is 52.9 Å². The van der Waals surface area contributed by atoms with E-state index in [0.29, 0.717) is 18.1 Å². The van der Waals surface area contributed by atoms with Crippen molar-refractivity contribution in [2.75, 3.05) is 0 Å². The van der Waals surface area contributed by atoms with E-state index < -0.39 is 0 Å². The Kier molecular flexibility index (Phi) is 6.56. The predicted octanol–water partition coefficient (Wildman–Crippen LogP) is 3.74. The van der Waals surface area contributed by atoms with Gasteiger partial charge in [0.15, 0.2) is 0 Å². The van der Waals surface area contributed by atoms with Crippen molar-refractivity contribution < 1.29 is 4.79 Å². The number of ketones is 1. The molecule has 0 bridgehead atoms. The van der Waals surface area contributed by atoms with Gasteiger partial charge in [-0.1, -0.05) is 19.4 Å². The van der Waals surface area contributed by atoms with Gasteiger partial charge in [0, 0.05) is 12.8 Å². The summed E-state index contributed by atoms with van der Waals surface area (Å²) < 4.78 is 0. The molecule has 0 aromatic carbocycles. The second kappa shape index (κ2) is 6.88. The Morgan fingerprint density at radius 2 is 2.08 bits per heavy atom. The third kappa shape index (κ3) is 7.76. The molecule has 0 aromatic heterocycles. The highest BCUT2D eigenvalue weighted by Gasteiger charge is 2.06. The maximum Gasteiger partial charge on any atom is 0.132 e. The Hall–Kier alpha value is -0.590. The molecule has 0 aliphatic heterocycles. The first-order valence-corrected chi connectivity index (χ1v) is 5.22. The van der Waals surface area contributed by atoms with Crippen molar-refractivity contribution in [3.8, 4) is 0 Å². The van der Waals surface area contributed by atoms with Crippen molar-refractivity contribution in [2.24, 2.45) is 5.92 Å². The quantitative estimate of drug-likeness (QED) is 0.548. The van der Waals surface area contributed by atoms with Crippen molar-refractivity contribution in [3.63, 3.8) is 0 Å². The standard InChI is InChI=1S/C12H22O/c1-5-12(13)9-11(4)8-6-7-10(2)3/h11H,2,5-9H2,1,3-4H3. The van der Waals surface area contributed by atoms with E-state index in [0.717, 1.165) is 19.3 Å². The second-order valence-corrected chi connectivity index (χ2v) is 4.05. The van der Waals surface area contributed by atoms with Crippen LogP contribution in [0.5, 0.6) is 0 Å². The van der Waals surface area contributed by atoms with E-state index in [4.69, 9.17) is 0 Å². The van der Waals surface area contributed by atoms with Crippen LogP contribution >= 0.6 is 0 Å². The van der Waals surface area contributed by atoms with Gasteiger partial charge in [0.2, 0.25) is 0 Å². The predicted molar refractivity (Wildman–Crippen MR) is 57.7 cm³/mol. The van der Waals surface area contributed by atoms with Crippen molar-refractivity contribution in [1.29, 1.82) is 0 Å². The van der Waals surface area contributed by atoms with E-state index in [9.17, 15) is 4.79 Å². The molecule has 0 saturated heterocycles. The molecule has 0 amide bonds. The molecule has 0 heterocycles. The minimum absolute atomic E-state index is 0.392. The van der Waals surface area contributed by atoms with Gasteiger partial charge in [-0.25, -0.2) is 0 Å². The molecule has 0 aliphatic rings. The molecule has 0 radical (unpaired) electrons. The number of rotatable bonds is 7. The first-order chi connectivity index (χ1) is 6.06. The van der Waals surface area contributed by atoms with Gasteiger partial charge < -0.3 is 0 Å². The molecule has 1 heteroatoms. The molecule has 0 rings (SSSR count). The van der Waals surface area contributed by atoms with Gasteiger partial charge in [-0.15, -0.1) is 6.58 Å². The zero-order valence-corrected chi connectivity index (χ0v) is 9.23. The number of carbonyl (C=O) groups excluding carboxylic acids is 1. The van der Waals surface area contributed by atoms with Crippen molar-refractivity contribution >= 4 is 5.78 Å². The summed E-state index contributed by atoms with van der Waals surface area (Å²) in [7, 11) is 0. The molecule has 0 aromatic rings. The number of allylic oxidation sites excluding steroid dienone is 1. The highest BCUT2D eigenvalue weighted by atomic mass is 16.1. The molecular formula is C12H22O. The fourth-order valence-electron chi connectivity index (χ4n) is 1.39. The van der Waals surface area contributed by atoms with Gasteiger partial charge >= 0.3 is 0 Å². The Morgan fingerprint density at radius 1 is 1.46 bits per heavy atom. The summed E-state index contributed by atoms with van der Waals surface area (Å²) in [5.41, 5.74) is 1.24. The molecule has 0 fully saturated rings. The van der Waals surface area contributed by atoms with Crippen LogP contribution in [-0.4, -0.2) is 5.78 Å². The topological polar surface area (TPSA) is 17.1 Å². The first-order valence-electron chi connectivity index (χ1n) is 5.22. The van der Waals surface area contributed by atoms with Gasteiger partial charge in [-0.05, 0) is 32.1 Å². The number of hydrogen-bond donors (Lipinski definition) is 0. The minimum atomic E-state index is 0.392. The zero-order chi connectivity index (χ0) is 10.3. The highest BCUT2D eigenvalue weighted by molar-refractivity contribution is 5.78. The van der Waals surface area contributed by atoms with Crippen LogP contribution in [-0.2, 0) is 4.79 Å². The highest BCUT2D eigenvalue weighted by Crippen LogP contribution is 2.15. The van der Waals surface area contributed by atoms with Crippen LogP contribution in [0.2, 0.25) is 0 Å². The molecule has 0 aliphatic carbocycles. The minimum Gasteiger partial charge on any atom is -0.300 e. The molecule has 1 atom stereocenters. The Bertz CT molecular complexity index is 170. The normalized spacial score (nSPS) is 12.5. The van der Waals surface area contributed by atoms with Gasteiger partial charge in [0.05, 0.1) is 0 Å². The maximum absolute atomic E-state index is 11.1. The summed E-state index contributed by atoms with van der Waals surface area (Å²) in [4.78, 5) is 11.1. The van der Waals surface area contributed by atoms with Gasteiger partial charge in [-0.2, -0.15) is 0 Å². The van der Waals surface area contributed by atoms with E-state index in [1.807, 2.05) is 6.92 Å². The Labute approximate surface area is 82.2 Å². The van der Waals surface area contributed by atoms with Gasteiger partial charge in [0.25, 0.3) is 0 Å². The lowest BCUT2D eigenvalue weighted by Crippen LogP contribution is -2.04. The summed E-state index contributed by atoms with van der Waals surface area (Å²) in [6.45, 7) is 10.0. The molecule has 1 nitrogen and oxygen atoms in total. The molecule has 1 unspecified atom stereocenters. The fraction of sp³-hybridized carbons (Fsp3) is 0.750. The Balaban J connectivity index is 3.45. The molecule has 0 saturated carbocycles. The smallest absolute Gasteiger partial charge is 0.132 e. The van der Waals surface area contributed by atoms with Crippen LogP contribution in [0.1, 0.15) is 52.9 Å². The van der Waals surface area contributed by atoms with E-state index >= 15 is 0 Å².